The minimum absolute atomic E-state index is 0.601. The summed E-state index contributed by atoms with van der Waals surface area (Å²) >= 11 is 0. The zero-order valence-electron chi connectivity index (χ0n) is 11.0. The van der Waals surface area contributed by atoms with Crippen molar-refractivity contribution in [2.45, 2.75) is 44.1 Å². The highest BCUT2D eigenvalue weighted by Gasteiger charge is 2.21. The van der Waals surface area contributed by atoms with Gasteiger partial charge in [0.1, 0.15) is 0 Å². The van der Waals surface area contributed by atoms with Crippen molar-refractivity contribution >= 4 is 0 Å². The second-order valence-electron chi connectivity index (χ2n) is 5.62. The Bertz CT molecular complexity index is 384. The van der Waals surface area contributed by atoms with Gasteiger partial charge in [0.25, 0.3) is 0 Å². The minimum Gasteiger partial charge on any atom is -0.379 e. The number of benzene rings is 1. The molecule has 2 aliphatic rings. The molecule has 3 rings (SSSR count). The highest BCUT2D eigenvalue weighted by Crippen LogP contribution is 2.31. The van der Waals surface area contributed by atoms with E-state index in [0.29, 0.717) is 12.0 Å². The first-order valence-corrected chi connectivity index (χ1v) is 7.32. The Morgan fingerprint density at radius 3 is 2.94 bits per heavy atom. The van der Waals surface area contributed by atoms with E-state index in [1.807, 2.05) is 0 Å². The molecule has 1 fully saturated rings. The predicted octanol–water partition coefficient (Wildman–Crippen LogP) is 2.88. The van der Waals surface area contributed by atoms with Gasteiger partial charge in [-0.2, -0.15) is 0 Å². The van der Waals surface area contributed by atoms with E-state index < -0.39 is 0 Å². The van der Waals surface area contributed by atoms with E-state index in [2.05, 4.69) is 29.6 Å². The van der Waals surface area contributed by atoms with E-state index in [0.717, 1.165) is 13.2 Å². The predicted molar refractivity (Wildman–Crippen MR) is 74.0 cm³/mol. The summed E-state index contributed by atoms with van der Waals surface area (Å²) in [6.45, 7) is 2.95. The van der Waals surface area contributed by atoms with Crippen LogP contribution in [-0.2, 0) is 11.2 Å². The van der Waals surface area contributed by atoms with Crippen LogP contribution in [0.1, 0.15) is 42.7 Å². The van der Waals surface area contributed by atoms with Gasteiger partial charge < -0.3 is 10.1 Å². The van der Waals surface area contributed by atoms with Crippen LogP contribution in [0, 0.1) is 0 Å². The number of rotatable bonds is 4. The maximum Gasteiger partial charge on any atom is 0.0619 e. The lowest BCUT2D eigenvalue weighted by atomic mass is 9.83. The normalized spacial score (nSPS) is 27.1. The van der Waals surface area contributed by atoms with Gasteiger partial charge in [-0.25, -0.2) is 0 Å². The molecule has 1 aromatic carbocycles. The molecule has 2 heteroatoms. The van der Waals surface area contributed by atoms with Crippen molar-refractivity contribution < 1.29 is 4.74 Å². The van der Waals surface area contributed by atoms with Gasteiger partial charge in [0.15, 0.2) is 0 Å². The van der Waals surface area contributed by atoms with Crippen molar-refractivity contribution in [2.75, 3.05) is 19.8 Å². The quantitative estimate of drug-likeness (QED) is 0.880. The van der Waals surface area contributed by atoms with E-state index >= 15 is 0 Å². The third-order valence-corrected chi connectivity index (χ3v) is 4.29. The monoisotopic (exact) mass is 245 g/mol. The van der Waals surface area contributed by atoms with Crippen LogP contribution >= 0.6 is 0 Å². The fourth-order valence-corrected chi connectivity index (χ4v) is 3.28. The highest BCUT2D eigenvalue weighted by molar-refractivity contribution is 5.32. The van der Waals surface area contributed by atoms with Crippen LogP contribution in [0.15, 0.2) is 24.3 Å². The zero-order chi connectivity index (χ0) is 12.2. The van der Waals surface area contributed by atoms with Gasteiger partial charge in [-0.1, -0.05) is 24.3 Å². The molecule has 0 aromatic heterocycles. The molecular weight excluding hydrogens is 222 g/mol. The number of hydrogen-bond acceptors (Lipinski definition) is 2. The summed E-state index contributed by atoms with van der Waals surface area (Å²) in [5, 5.41) is 3.49. The van der Waals surface area contributed by atoms with Gasteiger partial charge in [0, 0.05) is 12.0 Å². The van der Waals surface area contributed by atoms with Gasteiger partial charge in [0.2, 0.25) is 0 Å². The molecule has 0 spiro atoms. The molecule has 2 nitrogen and oxygen atoms in total. The molecule has 1 heterocycles. The molecule has 0 radical (unpaired) electrons. The Morgan fingerprint density at radius 1 is 1.11 bits per heavy atom. The second kappa shape index (κ2) is 5.85. The molecule has 0 amide bonds. The Hall–Kier alpha value is -0.860. The van der Waals surface area contributed by atoms with Gasteiger partial charge in [-0.05, 0) is 49.8 Å². The maximum atomic E-state index is 5.95. The smallest absolute Gasteiger partial charge is 0.0619 e. The summed E-state index contributed by atoms with van der Waals surface area (Å²) in [4.78, 5) is 0. The molecule has 98 valence electrons. The average Bonchev–Trinajstić information content (AvgIpc) is 2.92. The topological polar surface area (TPSA) is 21.3 Å². The van der Waals surface area contributed by atoms with Crippen molar-refractivity contribution in [3.05, 3.63) is 35.4 Å². The number of aryl methyl sites for hydroxylation is 1. The molecule has 0 bridgehead atoms. The molecular formula is C16H23NO. The van der Waals surface area contributed by atoms with E-state index in [9.17, 15) is 0 Å². The summed E-state index contributed by atoms with van der Waals surface area (Å²) in [7, 11) is 0. The first-order valence-electron chi connectivity index (χ1n) is 7.32. The minimum atomic E-state index is 0.601. The van der Waals surface area contributed by atoms with Crippen LogP contribution in [0.5, 0.6) is 0 Å². The molecule has 2 atom stereocenters. The fourth-order valence-electron chi connectivity index (χ4n) is 3.28. The first-order chi connectivity index (χ1) is 8.93. The van der Waals surface area contributed by atoms with E-state index in [1.54, 1.807) is 0 Å². The van der Waals surface area contributed by atoms with Crippen LogP contribution in [0.25, 0.3) is 0 Å². The highest BCUT2D eigenvalue weighted by atomic mass is 16.5. The van der Waals surface area contributed by atoms with Gasteiger partial charge in [-0.15, -0.1) is 0 Å². The Labute approximate surface area is 110 Å². The lowest BCUT2D eigenvalue weighted by Crippen LogP contribution is -2.28. The van der Waals surface area contributed by atoms with Crippen LogP contribution in [0.4, 0.5) is 0 Å². The Morgan fingerprint density at radius 2 is 2.06 bits per heavy atom. The van der Waals surface area contributed by atoms with Gasteiger partial charge in [0.05, 0.1) is 13.2 Å². The van der Waals surface area contributed by atoms with E-state index in [-0.39, 0.29) is 0 Å². The zero-order valence-corrected chi connectivity index (χ0v) is 11.0. The molecule has 2 unspecified atom stereocenters. The SMILES string of the molecule is c1ccc2c(c1)CCCC2COCC1CCCN1. The molecule has 1 aliphatic carbocycles. The van der Waals surface area contributed by atoms with Gasteiger partial charge >= 0.3 is 0 Å². The number of ether oxygens (including phenoxy) is 1. The van der Waals surface area contributed by atoms with Crippen LogP contribution in [0.3, 0.4) is 0 Å². The number of fused-ring (bicyclic) bond motifs is 1. The Kier molecular flexibility index (Phi) is 3.96. The lowest BCUT2D eigenvalue weighted by molar-refractivity contribution is 0.0994. The molecule has 1 aromatic rings. The van der Waals surface area contributed by atoms with Crippen molar-refractivity contribution in [2.24, 2.45) is 0 Å². The Balaban J connectivity index is 1.54. The summed E-state index contributed by atoms with van der Waals surface area (Å²) in [5.41, 5.74) is 3.07. The molecule has 1 aliphatic heterocycles. The summed E-state index contributed by atoms with van der Waals surface area (Å²) in [5.74, 6) is 0.622. The van der Waals surface area contributed by atoms with Crippen molar-refractivity contribution in [1.29, 1.82) is 0 Å². The van der Waals surface area contributed by atoms with Crippen molar-refractivity contribution in [3.8, 4) is 0 Å². The molecule has 1 N–H and O–H groups in total. The van der Waals surface area contributed by atoms with Gasteiger partial charge in [-0.3, -0.25) is 0 Å². The van der Waals surface area contributed by atoms with E-state index in [1.165, 1.54) is 49.8 Å². The third-order valence-electron chi connectivity index (χ3n) is 4.29. The maximum absolute atomic E-state index is 5.95. The molecule has 1 saturated heterocycles. The summed E-state index contributed by atoms with van der Waals surface area (Å²) in [6.07, 6.45) is 6.43. The van der Waals surface area contributed by atoms with Crippen LogP contribution in [-0.4, -0.2) is 25.8 Å². The van der Waals surface area contributed by atoms with Crippen molar-refractivity contribution in [1.82, 2.24) is 5.32 Å². The van der Waals surface area contributed by atoms with E-state index in [4.69, 9.17) is 4.74 Å². The molecule has 18 heavy (non-hydrogen) atoms. The fraction of sp³-hybridized carbons (Fsp3) is 0.625. The largest absolute Gasteiger partial charge is 0.379 e. The van der Waals surface area contributed by atoms with Crippen LogP contribution in [0.2, 0.25) is 0 Å². The third kappa shape index (κ3) is 2.76. The lowest BCUT2D eigenvalue weighted by Gasteiger charge is -2.25. The summed E-state index contributed by atoms with van der Waals surface area (Å²) < 4.78 is 5.95. The molecule has 0 saturated carbocycles. The van der Waals surface area contributed by atoms with Crippen molar-refractivity contribution in [3.63, 3.8) is 0 Å². The average molecular weight is 245 g/mol. The number of hydrogen-bond donors (Lipinski definition) is 1. The number of nitrogens with one attached hydrogen (secondary N) is 1. The summed E-state index contributed by atoms with van der Waals surface area (Å²) in [6, 6.07) is 9.49. The van der Waals surface area contributed by atoms with Crippen LogP contribution < -0.4 is 5.32 Å². The first kappa shape index (κ1) is 12.2. The standard InChI is InChI=1S/C16H23NO/c1-2-9-16-13(5-1)6-3-7-14(16)11-18-12-15-8-4-10-17-15/h1-2,5,9,14-15,17H,3-4,6-8,10-12H2. The second-order valence-corrected chi connectivity index (χ2v) is 5.62.